The molecule has 4 bridgehead atoms. The van der Waals surface area contributed by atoms with Crippen LogP contribution >= 0.6 is 0 Å². The SMILES string of the molecule is CCN1CC(=O)N[C@H]2CCN(C(=O)c3ccc[nH]3)C[C@@H]2OCc2cccc(c2)Oc2cc(ccc2OC)CCC1=O. The lowest BCUT2D eigenvalue weighted by atomic mass is 10.0. The second-order valence-corrected chi connectivity index (χ2v) is 10.3. The first kappa shape index (κ1) is 28.2. The van der Waals surface area contributed by atoms with Gasteiger partial charge >= 0.3 is 0 Å². The number of likely N-dealkylation sites (tertiary alicyclic amines) is 1. The topological polar surface area (TPSA) is 113 Å². The Bertz CT molecular complexity index is 1370. The van der Waals surface area contributed by atoms with Crippen molar-refractivity contribution in [2.24, 2.45) is 0 Å². The Morgan fingerprint density at radius 3 is 2.73 bits per heavy atom. The number of amides is 3. The van der Waals surface area contributed by atoms with E-state index in [1.807, 2.05) is 49.4 Å². The Morgan fingerprint density at radius 1 is 1.07 bits per heavy atom. The number of carbonyl (C=O) groups excluding carboxylic acids is 3. The molecular weight excluding hydrogens is 524 g/mol. The van der Waals surface area contributed by atoms with Gasteiger partial charge in [0.25, 0.3) is 5.91 Å². The number of aromatic amines is 1. The van der Waals surface area contributed by atoms with E-state index in [2.05, 4.69) is 10.3 Å². The second-order valence-electron chi connectivity index (χ2n) is 10.3. The first-order chi connectivity index (χ1) is 19.9. The van der Waals surface area contributed by atoms with Crippen molar-refractivity contribution >= 4 is 17.7 Å². The van der Waals surface area contributed by atoms with Crippen molar-refractivity contribution in [3.8, 4) is 17.2 Å². The van der Waals surface area contributed by atoms with E-state index in [1.165, 1.54) is 0 Å². The summed E-state index contributed by atoms with van der Waals surface area (Å²) in [6, 6.07) is 16.4. The summed E-state index contributed by atoms with van der Waals surface area (Å²) in [5.41, 5.74) is 2.33. The van der Waals surface area contributed by atoms with Gasteiger partial charge in [0.1, 0.15) is 11.4 Å². The molecule has 3 heterocycles. The van der Waals surface area contributed by atoms with Crippen molar-refractivity contribution < 1.29 is 28.6 Å². The van der Waals surface area contributed by atoms with Crippen molar-refractivity contribution in [1.29, 1.82) is 0 Å². The van der Waals surface area contributed by atoms with Crippen LogP contribution in [0.4, 0.5) is 0 Å². The summed E-state index contributed by atoms with van der Waals surface area (Å²) in [7, 11) is 1.59. The van der Waals surface area contributed by atoms with Crippen LogP contribution in [0.5, 0.6) is 17.2 Å². The third kappa shape index (κ3) is 6.89. The number of benzene rings is 2. The number of aromatic nitrogens is 1. The molecule has 5 rings (SSSR count). The summed E-state index contributed by atoms with van der Waals surface area (Å²) in [6.07, 6.45) is 2.56. The molecule has 2 atom stereocenters. The summed E-state index contributed by atoms with van der Waals surface area (Å²) in [6.45, 7) is 3.29. The monoisotopic (exact) mass is 560 g/mol. The molecule has 3 aromatic rings. The van der Waals surface area contributed by atoms with E-state index < -0.39 is 6.10 Å². The van der Waals surface area contributed by atoms with Gasteiger partial charge in [-0.3, -0.25) is 14.4 Å². The van der Waals surface area contributed by atoms with Gasteiger partial charge in [-0.25, -0.2) is 0 Å². The van der Waals surface area contributed by atoms with Crippen LogP contribution in [0.3, 0.4) is 0 Å². The van der Waals surface area contributed by atoms with Crippen molar-refractivity contribution in [1.82, 2.24) is 20.1 Å². The lowest BCUT2D eigenvalue weighted by Gasteiger charge is -2.39. The van der Waals surface area contributed by atoms with Crippen molar-refractivity contribution in [3.05, 3.63) is 77.6 Å². The average Bonchev–Trinajstić information content (AvgIpc) is 3.53. The summed E-state index contributed by atoms with van der Waals surface area (Å²) in [5, 5.41) is 3.08. The molecule has 3 amide bonds. The lowest BCUT2D eigenvalue weighted by Crippen LogP contribution is -2.57. The predicted molar refractivity (Wildman–Crippen MR) is 152 cm³/mol. The van der Waals surface area contributed by atoms with E-state index in [9.17, 15) is 14.4 Å². The van der Waals surface area contributed by atoms with Crippen LogP contribution in [0.25, 0.3) is 0 Å². The first-order valence-electron chi connectivity index (χ1n) is 14.0. The molecule has 2 aliphatic heterocycles. The van der Waals surface area contributed by atoms with Crippen LogP contribution in [-0.2, 0) is 27.4 Å². The molecule has 1 saturated heterocycles. The molecular formula is C31H36N4O6. The highest BCUT2D eigenvalue weighted by atomic mass is 16.5. The first-order valence-corrected chi connectivity index (χ1v) is 14.0. The molecule has 10 heteroatoms. The minimum Gasteiger partial charge on any atom is -0.493 e. The maximum Gasteiger partial charge on any atom is 0.270 e. The number of likely N-dealkylation sites (N-methyl/N-ethyl adjacent to an activating group) is 1. The van der Waals surface area contributed by atoms with Crippen molar-refractivity contribution in [2.45, 2.75) is 44.9 Å². The Labute approximate surface area is 239 Å². The molecule has 0 spiro atoms. The minimum atomic E-state index is -0.447. The fourth-order valence-corrected chi connectivity index (χ4v) is 5.27. The third-order valence-electron chi connectivity index (χ3n) is 7.54. The molecule has 2 N–H and O–H groups in total. The van der Waals surface area contributed by atoms with Gasteiger partial charge in [0.05, 0.1) is 32.4 Å². The second kappa shape index (κ2) is 12.9. The number of ether oxygens (including phenoxy) is 3. The number of H-pyrrole nitrogens is 1. The maximum absolute atomic E-state index is 13.1. The van der Waals surface area contributed by atoms with Gasteiger partial charge in [0.2, 0.25) is 11.8 Å². The smallest absolute Gasteiger partial charge is 0.270 e. The molecule has 1 aromatic heterocycles. The molecule has 216 valence electrons. The summed E-state index contributed by atoms with van der Waals surface area (Å²) in [5.74, 6) is 1.29. The van der Waals surface area contributed by atoms with Crippen LogP contribution in [-0.4, -0.2) is 77.9 Å². The number of nitrogens with zero attached hydrogens (tertiary/aromatic N) is 2. The van der Waals surface area contributed by atoms with E-state index >= 15 is 0 Å². The predicted octanol–water partition coefficient (Wildman–Crippen LogP) is 3.53. The molecule has 1 fully saturated rings. The zero-order valence-electron chi connectivity index (χ0n) is 23.4. The number of carbonyl (C=O) groups is 3. The number of piperidine rings is 1. The number of fused-ring (bicyclic) bond motifs is 5. The standard InChI is InChI=1S/C31H36N4O6/c1-3-34-19-29(36)33-24-13-15-35(31(38)25-8-5-14-32-25)18-28(24)40-20-22-6-4-7-23(16-22)41-27-17-21(10-12-30(34)37)9-11-26(27)39-2/h4-9,11,14,16-17,24,28,32H,3,10,12-13,15,18-20H2,1-2H3,(H,33,36)/t24-,28-/m0/s1. The molecule has 0 radical (unpaired) electrons. The number of hydrogen-bond acceptors (Lipinski definition) is 6. The molecule has 0 saturated carbocycles. The van der Waals surface area contributed by atoms with Crippen LogP contribution in [0, 0.1) is 0 Å². The fourth-order valence-electron chi connectivity index (χ4n) is 5.27. The van der Waals surface area contributed by atoms with E-state index in [0.29, 0.717) is 55.4 Å². The van der Waals surface area contributed by atoms with Gasteiger partial charge in [-0.15, -0.1) is 0 Å². The van der Waals surface area contributed by atoms with Crippen LogP contribution in [0.2, 0.25) is 0 Å². The summed E-state index contributed by atoms with van der Waals surface area (Å²) in [4.78, 5) is 45.5. The number of rotatable bonds is 3. The van der Waals surface area contributed by atoms with E-state index in [0.717, 1.165) is 11.1 Å². The molecule has 2 aromatic carbocycles. The Hall–Kier alpha value is -4.31. The lowest BCUT2D eigenvalue weighted by molar-refractivity contribution is -0.136. The Balaban J connectivity index is 1.42. The number of aryl methyl sites for hydroxylation is 1. The highest BCUT2D eigenvalue weighted by Crippen LogP contribution is 2.33. The quantitative estimate of drug-likeness (QED) is 0.507. The third-order valence-corrected chi connectivity index (χ3v) is 7.54. The average molecular weight is 561 g/mol. The van der Waals surface area contributed by atoms with Crippen molar-refractivity contribution in [2.75, 3.05) is 33.3 Å². The zero-order chi connectivity index (χ0) is 28.8. The summed E-state index contributed by atoms with van der Waals surface area (Å²) < 4.78 is 18.1. The van der Waals surface area contributed by atoms with Gasteiger partial charge in [0, 0.05) is 32.3 Å². The molecule has 0 unspecified atom stereocenters. The highest BCUT2D eigenvalue weighted by molar-refractivity contribution is 5.92. The summed E-state index contributed by atoms with van der Waals surface area (Å²) >= 11 is 0. The fraction of sp³-hybridized carbons (Fsp3) is 0.387. The molecule has 41 heavy (non-hydrogen) atoms. The van der Waals surface area contributed by atoms with Gasteiger partial charge < -0.3 is 34.3 Å². The van der Waals surface area contributed by atoms with E-state index in [-0.39, 0.29) is 43.3 Å². The van der Waals surface area contributed by atoms with Crippen LogP contribution < -0.4 is 14.8 Å². The van der Waals surface area contributed by atoms with Crippen LogP contribution in [0.15, 0.2) is 60.8 Å². The van der Waals surface area contributed by atoms with Gasteiger partial charge in [-0.1, -0.05) is 18.2 Å². The molecule has 0 aliphatic carbocycles. The number of hydrogen-bond donors (Lipinski definition) is 2. The largest absolute Gasteiger partial charge is 0.493 e. The van der Waals surface area contributed by atoms with Crippen molar-refractivity contribution in [3.63, 3.8) is 0 Å². The van der Waals surface area contributed by atoms with Gasteiger partial charge in [-0.2, -0.15) is 0 Å². The van der Waals surface area contributed by atoms with Gasteiger partial charge in [-0.05, 0) is 67.3 Å². The maximum atomic E-state index is 13.1. The minimum absolute atomic E-state index is 0.0390. The van der Waals surface area contributed by atoms with E-state index in [1.54, 1.807) is 35.2 Å². The van der Waals surface area contributed by atoms with Gasteiger partial charge in [0.15, 0.2) is 11.5 Å². The highest BCUT2D eigenvalue weighted by Gasteiger charge is 2.34. The van der Waals surface area contributed by atoms with E-state index in [4.69, 9.17) is 14.2 Å². The molecule has 10 nitrogen and oxygen atoms in total. The Kier molecular flexibility index (Phi) is 8.88. The Morgan fingerprint density at radius 2 is 1.95 bits per heavy atom. The normalized spacial score (nSPS) is 20.2. The number of nitrogens with one attached hydrogen (secondary N) is 2. The number of methoxy groups -OCH3 is 1. The zero-order valence-corrected chi connectivity index (χ0v) is 23.4. The molecule has 2 aliphatic rings. The van der Waals surface area contributed by atoms with Crippen LogP contribution in [0.1, 0.15) is 41.4 Å².